The predicted octanol–water partition coefficient (Wildman–Crippen LogP) is 2.39. The normalized spacial score (nSPS) is 29.1. The van der Waals surface area contributed by atoms with Gasteiger partial charge in [0.05, 0.1) is 5.92 Å². The van der Waals surface area contributed by atoms with Crippen LogP contribution < -0.4 is 10.2 Å². The van der Waals surface area contributed by atoms with Gasteiger partial charge < -0.3 is 10.2 Å². The lowest BCUT2D eigenvalue weighted by Crippen LogP contribution is -2.47. The van der Waals surface area contributed by atoms with Gasteiger partial charge in [0.25, 0.3) is 0 Å². The molecule has 22 heavy (non-hydrogen) atoms. The van der Waals surface area contributed by atoms with E-state index in [0.717, 1.165) is 50.6 Å². The lowest BCUT2D eigenvalue weighted by atomic mass is 9.86. The molecule has 2 fully saturated rings. The summed E-state index contributed by atoms with van der Waals surface area (Å²) in [6.45, 7) is 3.96. The minimum absolute atomic E-state index is 0.0646. The van der Waals surface area contributed by atoms with Crippen LogP contribution in [0.2, 0.25) is 0 Å². The molecule has 0 radical (unpaired) electrons. The number of piperidine rings is 1. The second-order valence-corrected chi connectivity index (χ2v) is 6.81. The molecule has 1 aliphatic heterocycles. The highest BCUT2D eigenvalue weighted by Crippen LogP contribution is 2.25. The largest absolute Gasteiger partial charge is 0.353 e. The molecule has 1 saturated carbocycles. The Hall–Kier alpha value is -1.65. The van der Waals surface area contributed by atoms with E-state index in [1.165, 1.54) is 12.8 Å². The van der Waals surface area contributed by atoms with E-state index in [1.54, 1.807) is 12.4 Å². The van der Waals surface area contributed by atoms with E-state index in [9.17, 15) is 4.79 Å². The van der Waals surface area contributed by atoms with Crippen LogP contribution >= 0.6 is 0 Å². The zero-order valence-corrected chi connectivity index (χ0v) is 13.4. The van der Waals surface area contributed by atoms with Crippen molar-refractivity contribution < 1.29 is 4.79 Å². The van der Waals surface area contributed by atoms with E-state index in [1.807, 2.05) is 6.07 Å². The van der Waals surface area contributed by atoms with Gasteiger partial charge in [0.2, 0.25) is 11.9 Å². The summed E-state index contributed by atoms with van der Waals surface area (Å²) in [5.74, 6) is 1.76. The van der Waals surface area contributed by atoms with Gasteiger partial charge in [0, 0.05) is 31.5 Å². The van der Waals surface area contributed by atoms with Gasteiger partial charge in [-0.1, -0.05) is 19.8 Å². The molecule has 3 rings (SSSR count). The van der Waals surface area contributed by atoms with Crippen molar-refractivity contribution in [2.45, 2.75) is 51.5 Å². The fourth-order valence-electron chi connectivity index (χ4n) is 3.71. The third kappa shape index (κ3) is 3.76. The fourth-order valence-corrected chi connectivity index (χ4v) is 3.71. The summed E-state index contributed by atoms with van der Waals surface area (Å²) in [5, 5.41) is 3.28. The quantitative estimate of drug-likeness (QED) is 0.931. The Labute approximate surface area is 132 Å². The zero-order chi connectivity index (χ0) is 15.4. The van der Waals surface area contributed by atoms with E-state index >= 15 is 0 Å². The summed E-state index contributed by atoms with van der Waals surface area (Å²) < 4.78 is 0. The van der Waals surface area contributed by atoms with Crippen molar-refractivity contribution in [3.8, 4) is 0 Å². The molecule has 3 unspecified atom stereocenters. The molecule has 2 heterocycles. The maximum atomic E-state index is 12.6. The Balaban J connectivity index is 1.56. The first-order chi connectivity index (χ1) is 10.7. The Morgan fingerprint density at radius 3 is 2.82 bits per heavy atom. The first-order valence-electron chi connectivity index (χ1n) is 8.54. The topological polar surface area (TPSA) is 58.1 Å². The van der Waals surface area contributed by atoms with Gasteiger partial charge in [-0.05, 0) is 37.7 Å². The van der Waals surface area contributed by atoms with E-state index in [4.69, 9.17) is 0 Å². The van der Waals surface area contributed by atoms with Gasteiger partial charge in [-0.2, -0.15) is 0 Å². The summed E-state index contributed by atoms with van der Waals surface area (Å²) in [5.41, 5.74) is 0. The molecule has 3 atom stereocenters. The number of nitrogens with zero attached hydrogens (tertiary/aromatic N) is 3. The molecule has 5 nitrogen and oxygen atoms in total. The molecule has 1 amide bonds. The standard InChI is InChI=1S/C17H26N4O/c1-13-5-2-7-15(11-13)20-16(22)14-6-3-10-21(12-14)17-18-8-4-9-19-17/h4,8-9,13-15H,2-3,5-7,10-12H2,1H3,(H,20,22). The lowest BCUT2D eigenvalue weighted by Gasteiger charge is -2.34. The second kappa shape index (κ2) is 7.07. The molecule has 1 aliphatic carbocycles. The summed E-state index contributed by atoms with van der Waals surface area (Å²) in [6, 6.07) is 2.20. The summed E-state index contributed by atoms with van der Waals surface area (Å²) in [7, 11) is 0. The van der Waals surface area contributed by atoms with Crippen LogP contribution in [0.4, 0.5) is 5.95 Å². The van der Waals surface area contributed by atoms with Crippen molar-refractivity contribution in [1.29, 1.82) is 0 Å². The Morgan fingerprint density at radius 1 is 1.23 bits per heavy atom. The molecule has 5 heteroatoms. The summed E-state index contributed by atoms with van der Waals surface area (Å²) >= 11 is 0. The van der Waals surface area contributed by atoms with Crippen molar-refractivity contribution >= 4 is 11.9 Å². The van der Waals surface area contributed by atoms with Crippen molar-refractivity contribution in [3.63, 3.8) is 0 Å². The molecule has 1 aromatic rings. The average Bonchev–Trinajstić information content (AvgIpc) is 2.56. The highest BCUT2D eigenvalue weighted by molar-refractivity contribution is 5.79. The molecular weight excluding hydrogens is 276 g/mol. The van der Waals surface area contributed by atoms with Gasteiger partial charge in [-0.3, -0.25) is 4.79 Å². The molecule has 1 aromatic heterocycles. The van der Waals surface area contributed by atoms with Crippen LogP contribution in [0, 0.1) is 11.8 Å². The van der Waals surface area contributed by atoms with E-state index < -0.39 is 0 Å². The van der Waals surface area contributed by atoms with Crippen LogP contribution in [0.5, 0.6) is 0 Å². The monoisotopic (exact) mass is 302 g/mol. The van der Waals surface area contributed by atoms with Gasteiger partial charge >= 0.3 is 0 Å². The Morgan fingerprint density at radius 2 is 2.05 bits per heavy atom. The molecule has 120 valence electrons. The van der Waals surface area contributed by atoms with Gasteiger partial charge in [-0.15, -0.1) is 0 Å². The zero-order valence-electron chi connectivity index (χ0n) is 13.4. The lowest BCUT2D eigenvalue weighted by molar-refractivity contribution is -0.126. The van der Waals surface area contributed by atoms with E-state index in [-0.39, 0.29) is 11.8 Å². The first-order valence-corrected chi connectivity index (χ1v) is 8.54. The number of hydrogen-bond donors (Lipinski definition) is 1. The Kier molecular flexibility index (Phi) is 4.90. The summed E-state index contributed by atoms with van der Waals surface area (Å²) in [6.07, 6.45) is 10.3. The van der Waals surface area contributed by atoms with Crippen LogP contribution in [0.1, 0.15) is 45.4 Å². The molecule has 0 spiro atoms. The minimum atomic E-state index is 0.0646. The highest BCUT2D eigenvalue weighted by atomic mass is 16.2. The SMILES string of the molecule is CC1CCCC(NC(=O)C2CCCN(c3ncccn3)C2)C1. The smallest absolute Gasteiger partial charge is 0.225 e. The van der Waals surface area contributed by atoms with Gasteiger partial charge in [-0.25, -0.2) is 9.97 Å². The first kappa shape index (κ1) is 15.3. The molecule has 2 aliphatic rings. The third-order valence-electron chi connectivity index (χ3n) is 4.91. The average molecular weight is 302 g/mol. The van der Waals surface area contributed by atoms with Crippen molar-refractivity contribution in [2.24, 2.45) is 11.8 Å². The Bertz CT molecular complexity index is 493. The molecule has 0 bridgehead atoms. The number of carbonyl (C=O) groups excluding carboxylic acids is 1. The number of hydrogen-bond acceptors (Lipinski definition) is 4. The van der Waals surface area contributed by atoms with Crippen LogP contribution in [0.15, 0.2) is 18.5 Å². The van der Waals surface area contributed by atoms with E-state index in [0.29, 0.717) is 6.04 Å². The molecule has 1 saturated heterocycles. The van der Waals surface area contributed by atoms with Crippen molar-refractivity contribution in [3.05, 3.63) is 18.5 Å². The maximum Gasteiger partial charge on any atom is 0.225 e. The third-order valence-corrected chi connectivity index (χ3v) is 4.91. The molecule has 0 aromatic carbocycles. The van der Waals surface area contributed by atoms with Crippen molar-refractivity contribution in [2.75, 3.05) is 18.0 Å². The van der Waals surface area contributed by atoms with Crippen molar-refractivity contribution in [1.82, 2.24) is 15.3 Å². The van der Waals surface area contributed by atoms with Crippen LogP contribution in [0.3, 0.4) is 0 Å². The second-order valence-electron chi connectivity index (χ2n) is 6.81. The molecular formula is C17H26N4O. The van der Waals surface area contributed by atoms with Crippen LogP contribution in [0.25, 0.3) is 0 Å². The number of nitrogens with one attached hydrogen (secondary N) is 1. The number of amides is 1. The van der Waals surface area contributed by atoms with E-state index in [2.05, 4.69) is 27.1 Å². The van der Waals surface area contributed by atoms with Gasteiger partial charge in [0.15, 0.2) is 0 Å². The number of carbonyl (C=O) groups is 1. The highest BCUT2D eigenvalue weighted by Gasteiger charge is 2.29. The van der Waals surface area contributed by atoms with Crippen LogP contribution in [-0.2, 0) is 4.79 Å². The number of aromatic nitrogens is 2. The minimum Gasteiger partial charge on any atom is -0.353 e. The fraction of sp³-hybridized carbons (Fsp3) is 0.706. The number of rotatable bonds is 3. The maximum absolute atomic E-state index is 12.6. The summed E-state index contributed by atoms with van der Waals surface area (Å²) in [4.78, 5) is 23.3. The van der Waals surface area contributed by atoms with Gasteiger partial charge in [0.1, 0.15) is 0 Å². The predicted molar refractivity (Wildman–Crippen MR) is 86.5 cm³/mol. The number of anilines is 1. The van der Waals surface area contributed by atoms with Crippen LogP contribution in [-0.4, -0.2) is 35.0 Å². The molecule has 1 N–H and O–H groups in total.